The van der Waals surface area contributed by atoms with Crippen LogP contribution in [0.25, 0.3) is 0 Å². The Bertz CT molecular complexity index is 424. The zero-order valence-corrected chi connectivity index (χ0v) is 11.2. The second-order valence-corrected chi connectivity index (χ2v) is 4.96. The largest absolute Gasteiger partial charge is 0.367 e. The van der Waals surface area contributed by atoms with E-state index in [1.807, 2.05) is 12.3 Å². The van der Waals surface area contributed by atoms with E-state index in [1.165, 1.54) is 5.56 Å². The van der Waals surface area contributed by atoms with E-state index in [4.69, 9.17) is 0 Å². The number of rotatable bonds is 4. The Labute approximate surface area is 109 Å². The fourth-order valence-corrected chi connectivity index (χ4v) is 2.63. The number of hydrogen-bond donors (Lipinski definition) is 0. The van der Waals surface area contributed by atoms with Crippen LogP contribution in [0.5, 0.6) is 0 Å². The van der Waals surface area contributed by atoms with Gasteiger partial charge < -0.3 is 4.90 Å². The van der Waals surface area contributed by atoms with Crippen molar-refractivity contribution in [3.8, 4) is 0 Å². The third-order valence-electron chi connectivity index (χ3n) is 3.64. The summed E-state index contributed by atoms with van der Waals surface area (Å²) in [6.07, 6.45) is 6.54. The quantitative estimate of drug-likeness (QED) is 0.803. The lowest BCUT2D eigenvalue weighted by Crippen LogP contribution is -2.37. The molecule has 0 aliphatic carbocycles. The summed E-state index contributed by atoms with van der Waals surface area (Å²) in [7, 11) is 0. The SMILES string of the molecule is CCC[C@H]1CC(=O)C=CN1[C@@H](C)c1ccccc1. The minimum absolute atomic E-state index is 0.255. The fourth-order valence-electron chi connectivity index (χ4n) is 2.63. The van der Waals surface area contributed by atoms with E-state index in [0.717, 1.165) is 12.8 Å². The van der Waals surface area contributed by atoms with Gasteiger partial charge in [-0.1, -0.05) is 43.7 Å². The molecule has 96 valence electrons. The number of carbonyl (C=O) groups is 1. The topological polar surface area (TPSA) is 20.3 Å². The van der Waals surface area contributed by atoms with Crippen LogP contribution in [0.15, 0.2) is 42.6 Å². The predicted molar refractivity (Wildman–Crippen MR) is 74.2 cm³/mol. The number of ketones is 1. The number of nitrogens with zero attached hydrogens (tertiary/aromatic N) is 1. The highest BCUT2D eigenvalue weighted by atomic mass is 16.1. The third kappa shape index (κ3) is 2.81. The second-order valence-electron chi connectivity index (χ2n) is 4.96. The minimum atomic E-state index is 0.255. The molecule has 0 saturated heterocycles. The van der Waals surface area contributed by atoms with Crippen LogP contribution in [0.2, 0.25) is 0 Å². The molecule has 2 heteroatoms. The molecule has 2 rings (SSSR count). The molecule has 0 N–H and O–H groups in total. The van der Waals surface area contributed by atoms with Crippen LogP contribution < -0.4 is 0 Å². The summed E-state index contributed by atoms with van der Waals surface area (Å²) in [6, 6.07) is 11.2. The molecule has 2 atom stereocenters. The van der Waals surface area contributed by atoms with Gasteiger partial charge in [0.15, 0.2) is 5.78 Å². The van der Waals surface area contributed by atoms with Gasteiger partial charge in [0.2, 0.25) is 0 Å². The monoisotopic (exact) mass is 243 g/mol. The Morgan fingerprint density at radius 1 is 1.33 bits per heavy atom. The average molecular weight is 243 g/mol. The van der Waals surface area contributed by atoms with E-state index >= 15 is 0 Å². The summed E-state index contributed by atoms with van der Waals surface area (Å²) in [5.41, 5.74) is 1.30. The number of allylic oxidation sites excluding steroid dienone is 1. The van der Waals surface area contributed by atoms with E-state index in [1.54, 1.807) is 6.08 Å². The maximum Gasteiger partial charge on any atom is 0.159 e. The molecule has 2 nitrogen and oxygen atoms in total. The third-order valence-corrected chi connectivity index (χ3v) is 3.64. The molecular formula is C16H21NO. The lowest BCUT2D eigenvalue weighted by molar-refractivity contribution is -0.116. The Morgan fingerprint density at radius 3 is 2.72 bits per heavy atom. The highest BCUT2D eigenvalue weighted by Crippen LogP contribution is 2.28. The molecule has 18 heavy (non-hydrogen) atoms. The Hall–Kier alpha value is -1.57. The van der Waals surface area contributed by atoms with Gasteiger partial charge in [-0.05, 0) is 25.0 Å². The van der Waals surface area contributed by atoms with Crippen molar-refractivity contribution in [2.24, 2.45) is 0 Å². The van der Waals surface area contributed by atoms with Gasteiger partial charge in [-0.25, -0.2) is 0 Å². The minimum Gasteiger partial charge on any atom is -0.367 e. The Kier molecular flexibility index (Phi) is 4.19. The van der Waals surface area contributed by atoms with Gasteiger partial charge in [-0.15, -0.1) is 0 Å². The summed E-state index contributed by atoms with van der Waals surface area (Å²) in [6.45, 7) is 4.38. The van der Waals surface area contributed by atoms with Crippen LogP contribution >= 0.6 is 0 Å². The first-order valence-corrected chi connectivity index (χ1v) is 6.75. The molecule has 1 aliphatic heterocycles. The first-order chi connectivity index (χ1) is 8.72. The van der Waals surface area contributed by atoms with Gasteiger partial charge in [0.25, 0.3) is 0 Å². The highest BCUT2D eigenvalue weighted by molar-refractivity contribution is 5.90. The maximum absolute atomic E-state index is 11.5. The zero-order chi connectivity index (χ0) is 13.0. The second kappa shape index (κ2) is 5.85. The molecular weight excluding hydrogens is 222 g/mol. The van der Waals surface area contributed by atoms with E-state index in [0.29, 0.717) is 18.5 Å². The van der Waals surface area contributed by atoms with E-state index in [2.05, 4.69) is 43.0 Å². The molecule has 0 bridgehead atoms. The van der Waals surface area contributed by atoms with Crippen molar-refractivity contribution in [1.82, 2.24) is 4.90 Å². The van der Waals surface area contributed by atoms with Gasteiger partial charge in [0, 0.05) is 18.7 Å². The van der Waals surface area contributed by atoms with Crippen LogP contribution in [0.4, 0.5) is 0 Å². The summed E-state index contributed by atoms with van der Waals surface area (Å²) in [4.78, 5) is 13.9. The van der Waals surface area contributed by atoms with Gasteiger partial charge in [-0.2, -0.15) is 0 Å². The molecule has 0 spiro atoms. The van der Waals surface area contributed by atoms with Crippen molar-refractivity contribution in [2.45, 2.75) is 45.2 Å². The molecule has 0 fully saturated rings. The number of benzene rings is 1. The predicted octanol–water partition coefficient (Wildman–Crippen LogP) is 3.70. The molecule has 0 saturated carbocycles. The molecule has 0 unspecified atom stereocenters. The molecule has 1 aromatic carbocycles. The van der Waals surface area contributed by atoms with E-state index in [9.17, 15) is 4.79 Å². The van der Waals surface area contributed by atoms with Gasteiger partial charge in [0.1, 0.15) is 0 Å². The summed E-state index contributed by atoms with van der Waals surface area (Å²) < 4.78 is 0. The lowest BCUT2D eigenvalue weighted by Gasteiger charge is -2.37. The summed E-state index contributed by atoms with van der Waals surface area (Å²) in [5.74, 6) is 0.255. The fraction of sp³-hybridized carbons (Fsp3) is 0.438. The van der Waals surface area contributed by atoms with Gasteiger partial charge in [0.05, 0.1) is 6.04 Å². The molecule has 0 aromatic heterocycles. The van der Waals surface area contributed by atoms with Crippen molar-refractivity contribution >= 4 is 5.78 Å². The Balaban J connectivity index is 2.19. The lowest BCUT2D eigenvalue weighted by atomic mass is 9.97. The zero-order valence-electron chi connectivity index (χ0n) is 11.2. The first kappa shape index (κ1) is 12.9. The highest BCUT2D eigenvalue weighted by Gasteiger charge is 2.25. The van der Waals surface area contributed by atoms with Crippen LogP contribution in [-0.4, -0.2) is 16.7 Å². The van der Waals surface area contributed by atoms with Crippen molar-refractivity contribution in [3.05, 3.63) is 48.2 Å². The van der Waals surface area contributed by atoms with Crippen LogP contribution in [0.3, 0.4) is 0 Å². The smallest absolute Gasteiger partial charge is 0.159 e. The number of carbonyl (C=O) groups excluding carboxylic acids is 1. The summed E-state index contributed by atoms with van der Waals surface area (Å²) >= 11 is 0. The number of hydrogen-bond acceptors (Lipinski definition) is 2. The normalized spacial score (nSPS) is 21.1. The molecule has 0 amide bonds. The molecule has 1 heterocycles. The summed E-state index contributed by atoms with van der Waals surface area (Å²) in [5, 5.41) is 0. The van der Waals surface area contributed by atoms with Gasteiger partial charge in [-0.3, -0.25) is 4.79 Å². The van der Waals surface area contributed by atoms with Crippen LogP contribution in [-0.2, 0) is 4.79 Å². The standard InChI is InChI=1S/C16H21NO/c1-3-7-15-12-16(18)10-11-17(15)13(2)14-8-5-4-6-9-14/h4-6,8-11,13,15H,3,7,12H2,1-2H3/t13-,15-/m0/s1. The van der Waals surface area contributed by atoms with Gasteiger partial charge >= 0.3 is 0 Å². The van der Waals surface area contributed by atoms with Crippen molar-refractivity contribution in [3.63, 3.8) is 0 Å². The van der Waals surface area contributed by atoms with Crippen molar-refractivity contribution < 1.29 is 4.79 Å². The molecule has 0 radical (unpaired) electrons. The van der Waals surface area contributed by atoms with E-state index in [-0.39, 0.29) is 5.78 Å². The molecule has 1 aliphatic rings. The molecule has 1 aromatic rings. The maximum atomic E-state index is 11.5. The van der Waals surface area contributed by atoms with Crippen molar-refractivity contribution in [1.29, 1.82) is 0 Å². The Morgan fingerprint density at radius 2 is 2.06 bits per heavy atom. The van der Waals surface area contributed by atoms with Crippen molar-refractivity contribution in [2.75, 3.05) is 0 Å². The van der Waals surface area contributed by atoms with Crippen LogP contribution in [0, 0.1) is 0 Å². The van der Waals surface area contributed by atoms with E-state index < -0.39 is 0 Å². The average Bonchev–Trinajstić information content (AvgIpc) is 2.40. The first-order valence-electron chi connectivity index (χ1n) is 6.75. The van der Waals surface area contributed by atoms with Crippen LogP contribution in [0.1, 0.15) is 44.7 Å².